The van der Waals surface area contributed by atoms with Crippen LogP contribution in [0.4, 0.5) is 0 Å². The van der Waals surface area contributed by atoms with Crippen LogP contribution in [0, 0.1) is 0 Å². The normalized spacial score (nSPS) is 11.0. The molecular weight excluding hydrogens is 432 g/mol. The van der Waals surface area contributed by atoms with Crippen molar-refractivity contribution >= 4 is 38.8 Å². The minimum atomic E-state index is -0.173. The summed E-state index contributed by atoms with van der Waals surface area (Å²) < 4.78 is 12.1. The molecule has 150 valence electrons. The average molecular weight is 455 g/mol. The summed E-state index contributed by atoms with van der Waals surface area (Å²) in [6.45, 7) is 4.89. The topological polar surface area (TPSA) is 59.9 Å². The van der Waals surface area contributed by atoms with Crippen LogP contribution in [0.15, 0.2) is 64.2 Å². The van der Waals surface area contributed by atoms with Gasteiger partial charge in [0, 0.05) is 0 Å². The van der Waals surface area contributed by atoms with Crippen molar-refractivity contribution in [2.75, 3.05) is 13.2 Å². The maximum Gasteiger partial charge on any atom is 0.244 e. The van der Waals surface area contributed by atoms with Gasteiger partial charge >= 0.3 is 0 Å². The lowest BCUT2D eigenvalue weighted by molar-refractivity contribution is -0.120. The first-order valence-corrected chi connectivity index (χ1v) is 10.3. The van der Waals surface area contributed by atoms with Gasteiger partial charge in [-0.05, 0) is 63.8 Å². The van der Waals surface area contributed by atoms with Gasteiger partial charge in [-0.2, -0.15) is 5.10 Å². The van der Waals surface area contributed by atoms with Crippen LogP contribution in [-0.4, -0.2) is 25.3 Å². The molecule has 0 fully saturated rings. The molecule has 0 heterocycles. The number of amides is 1. The molecule has 1 N–H and O–H groups in total. The molecule has 29 heavy (non-hydrogen) atoms. The molecule has 0 saturated carbocycles. The van der Waals surface area contributed by atoms with E-state index in [9.17, 15) is 4.79 Å². The van der Waals surface area contributed by atoms with Crippen LogP contribution in [-0.2, 0) is 11.2 Å². The van der Waals surface area contributed by atoms with E-state index in [2.05, 4.69) is 26.5 Å². The van der Waals surface area contributed by atoms with E-state index in [1.807, 2.05) is 68.4 Å². The van der Waals surface area contributed by atoms with Crippen LogP contribution in [0.5, 0.6) is 11.5 Å². The zero-order valence-corrected chi connectivity index (χ0v) is 18.0. The Labute approximate surface area is 178 Å². The fraction of sp³-hybridized carbons (Fsp3) is 0.217. The van der Waals surface area contributed by atoms with Crippen molar-refractivity contribution in [2.45, 2.75) is 20.3 Å². The number of hydrogen-bond donors (Lipinski definition) is 1. The third-order valence-corrected chi connectivity index (χ3v) is 4.84. The first-order valence-electron chi connectivity index (χ1n) is 9.50. The monoisotopic (exact) mass is 454 g/mol. The molecule has 0 aliphatic heterocycles. The maximum atomic E-state index is 12.3. The molecular formula is C23H23BrN2O3. The van der Waals surface area contributed by atoms with Gasteiger partial charge in [0.2, 0.25) is 5.91 Å². The number of hydrogen-bond acceptors (Lipinski definition) is 4. The average Bonchev–Trinajstić information content (AvgIpc) is 2.71. The van der Waals surface area contributed by atoms with Gasteiger partial charge in [-0.1, -0.05) is 42.5 Å². The number of hydrazone groups is 1. The Morgan fingerprint density at radius 1 is 1.07 bits per heavy atom. The number of nitrogens with one attached hydrogen (secondary N) is 1. The SMILES string of the molecule is CCOc1cc(/C=N\NC(=O)Cc2cccc3ccccc23)cc(Br)c1OCC. The summed E-state index contributed by atoms with van der Waals surface area (Å²) >= 11 is 3.50. The molecule has 0 aliphatic rings. The number of fused-ring (bicyclic) bond motifs is 1. The van der Waals surface area contributed by atoms with Crippen molar-refractivity contribution in [1.82, 2.24) is 5.43 Å². The molecule has 6 heteroatoms. The fourth-order valence-electron chi connectivity index (χ4n) is 3.05. The Kier molecular flexibility index (Phi) is 7.25. The van der Waals surface area contributed by atoms with Crippen LogP contribution in [0.25, 0.3) is 10.8 Å². The van der Waals surface area contributed by atoms with Crippen molar-refractivity contribution in [1.29, 1.82) is 0 Å². The summed E-state index contributed by atoms with van der Waals surface area (Å²) in [7, 11) is 0. The number of carbonyl (C=O) groups is 1. The summed E-state index contributed by atoms with van der Waals surface area (Å²) in [5.41, 5.74) is 4.36. The van der Waals surface area contributed by atoms with Crippen molar-refractivity contribution in [2.24, 2.45) is 5.10 Å². The molecule has 3 aromatic carbocycles. The van der Waals surface area contributed by atoms with Gasteiger partial charge in [0.15, 0.2) is 11.5 Å². The summed E-state index contributed by atoms with van der Waals surface area (Å²) in [5, 5.41) is 6.28. The zero-order chi connectivity index (χ0) is 20.6. The molecule has 5 nitrogen and oxygen atoms in total. The fourth-order valence-corrected chi connectivity index (χ4v) is 3.62. The Morgan fingerprint density at radius 2 is 1.83 bits per heavy atom. The lowest BCUT2D eigenvalue weighted by Crippen LogP contribution is -2.19. The second-order valence-electron chi connectivity index (χ2n) is 6.30. The number of ether oxygens (including phenoxy) is 2. The number of carbonyl (C=O) groups excluding carboxylic acids is 1. The number of nitrogens with zero attached hydrogens (tertiary/aromatic N) is 1. The smallest absolute Gasteiger partial charge is 0.244 e. The first kappa shape index (κ1) is 20.9. The minimum absolute atomic E-state index is 0.173. The zero-order valence-electron chi connectivity index (χ0n) is 16.4. The predicted molar refractivity (Wildman–Crippen MR) is 120 cm³/mol. The van der Waals surface area contributed by atoms with E-state index in [1.165, 1.54) is 0 Å². The number of rotatable bonds is 8. The van der Waals surface area contributed by atoms with Gasteiger partial charge < -0.3 is 9.47 Å². The van der Waals surface area contributed by atoms with Crippen LogP contribution >= 0.6 is 15.9 Å². The molecule has 0 saturated heterocycles. The van der Waals surface area contributed by atoms with E-state index >= 15 is 0 Å². The van der Waals surface area contributed by atoms with E-state index in [1.54, 1.807) is 6.21 Å². The van der Waals surface area contributed by atoms with Crippen LogP contribution in [0.3, 0.4) is 0 Å². The lowest BCUT2D eigenvalue weighted by atomic mass is 10.0. The molecule has 0 spiro atoms. The summed E-state index contributed by atoms with van der Waals surface area (Å²) in [6.07, 6.45) is 1.85. The van der Waals surface area contributed by atoms with E-state index in [-0.39, 0.29) is 12.3 Å². The predicted octanol–water partition coefficient (Wildman–Crippen LogP) is 5.09. The van der Waals surface area contributed by atoms with Crippen molar-refractivity contribution in [3.8, 4) is 11.5 Å². The highest BCUT2D eigenvalue weighted by Gasteiger charge is 2.11. The third-order valence-electron chi connectivity index (χ3n) is 4.25. The van der Waals surface area contributed by atoms with Gasteiger partial charge in [0.05, 0.1) is 30.3 Å². The molecule has 0 unspecified atom stereocenters. The largest absolute Gasteiger partial charge is 0.490 e. The molecule has 0 aromatic heterocycles. The highest BCUT2D eigenvalue weighted by Crippen LogP contribution is 2.36. The van der Waals surface area contributed by atoms with Gasteiger partial charge in [-0.25, -0.2) is 5.43 Å². The van der Waals surface area contributed by atoms with Gasteiger partial charge in [-0.15, -0.1) is 0 Å². The molecule has 0 radical (unpaired) electrons. The molecule has 0 atom stereocenters. The Bertz CT molecular complexity index is 1030. The highest BCUT2D eigenvalue weighted by molar-refractivity contribution is 9.10. The standard InChI is InChI=1S/C23H23BrN2O3/c1-3-28-21-13-16(12-20(24)23(21)29-4-2)15-25-26-22(27)14-18-10-7-9-17-8-5-6-11-19(17)18/h5-13,15H,3-4,14H2,1-2H3,(H,26,27)/b25-15-. The molecule has 0 bridgehead atoms. The maximum absolute atomic E-state index is 12.3. The Morgan fingerprint density at radius 3 is 2.62 bits per heavy atom. The van der Waals surface area contributed by atoms with Crippen molar-refractivity contribution in [3.05, 3.63) is 70.2 Å². The molecule has 3 rings (SSSR count). The van der Waals surface area contributed by atoms with E-state index in [0.717, 1.165) is 26.4 Å². The van der Waals surface area contributed by atoms with E-state index in [0.29, 0.717) is 24.7 Å². The highest BCUT2D eigenvalue weighted by atomic mass is 79.9. The summed E-state index contributed by atoms with van der Waals surface area (Å²) in [6, 6.07) is 17.7. The first-order chi connectivity index (χ1) is 14.1. The summed E-state index contributed by atoms with van der Waals surface area (Å²) in [5.74, 6) is 1.12. The van der Waals surface area contributed by atoms with Crippen LogP contribution in [0.1, 0.15) is 25.0 Å². The number of halogens is 1. The third kappa shape index (κ3) is 5.35. The van der Waals surface area contributed by atoms with Crippen LogP contribution < -0.4 is 14.9 Å². The minimum Gasteiger partial charge on any atom is -0.490 e. The molecule has 3 aromatic rings. The van der Waals surface area contributed by atoms with Crippen molar-refractivity contribution in [3.63, 3.8) is 0 Å². The molecule has 0 aliphatic carbocycles. The van der Waals surface area contributed by atoms with Crippen molar-refractivity contribution < 1.29 is 14.3 Å². The second kappa shape index (κ2) is 10.1. The molecule has 1 amide bonds. The summed E-state index contributed by atoms with van der Waals surface area (Å²) in [4.78, 5) is 12.3. The Hall–Kier alpha value is -2.86. The quantitative estimate of drug-likeness (QED) is 0.380. The van der Waals surface area contributed by atoms with E-state index in [4.69, 9.17) is 9.47 Å². The Balaban J connectivity index is 1.69. The van der Waals surface area contributed by atoms with Gasteiger partial charge in [0.1, 0.15) is 0 Å². The lowest BCUT2D eigenvalue weighted by Gasteiger charge is -2.13. The van der Waals surface area contributed by atoms with E-state index < -0.39 is 0 Å². The van der Waals surface area contributed by atoms with Gasteiger partial charge in [-0.3, -0.25) is 4.79 Å². The second-order valence-corrected chi connectivity index (χ2v) is 7.16. The van der Waals surface area contributed by atoms with Crippen LogP contribution in [0.2, 0.25) is 0 Å². The number of benzene rings is 3. The van der Waals surface area contributed by atoms with Gasteiger partial charge in [0.25, 0.3) is 0 Å².